The number of hydrogen-bond donors (Lipinski definition) is 3. The van der Waals surface area contributed by atoms with Crippen molar-refractivity contribution in [3.05, 3.63) is 83.9 Å². The highest BCUT2D eigenvalue weighted by atomic mass is 35.5. The van der Waals surface area contributed by atoms with E-state index in [1.807, 2.05) is 57.7 Å². The van der Waals surface area contributed by atoms with E-state index in [9.17, 15) is 0 Å². The van der Waals surface area contributed by atoms with Crippen molar-refractivity contribution in [1.29, 1.82) is 0 Å². The molecule has 3 aromatic rings. The van der Waals surface area contributed by atoms with Crippen molar-refractivity contribution < 1.29 is 0 Å². The first-order valence-corrected chi connectivity index (χ1v) is 11.0. The van der Waals surface area contributed by atoms with Crippen molar-refractivity contribution in [1.82, 2.24) is 15.2 Å². The molecule has 0 spiro atoms. The van der Waals surface area contributed by atoms with Gasteiger partial charge in [0.15, 0.2) is 0 Å². The summed E-state index contributed by atoms with van der Waals surface area (Å²) in [6.07, 6.45) is 12.7. The number of allylic oxidation sites excluding steroid dienone is 2. The van der Waals surface area contributed by atoms with E-state index in [2.05, 4.69) is 50.6 Å². The molecule has 0 fully saturated rings. The fourth-order valence-electron chi connectivity index (χ4n) is 3.43. The van der Waals surface area contributed by atoms with Gasteiger partial charge in [-0.05, 0) is 68.5 Å². The van der Waals surface area contributed by atoms with Crippen molar-refractivity contribution >= 4 is 28.8 Å². The number of benzene rings is 1. The lowest BCUT2D eigenvalue weighted by atomic mass is 9.96. The molecule has 0 aliphatic carbocycles. The second kappa shape index (κ2) is 11.3. The van der Waals surface area contributed by atoms with Crippen LogP contribution in [0.25, 0.3) is 11.1 Å². The highest BCUT2D eigenvalue weighted by Gasteiger charge is 2.13. The van der Waals surface area contributed by atoms with Crippen molar-refractivity contribution in [3.8, 4) is 11.1 Å². The molecule has 0 amide bonds. The third kappa shape index (κ3) is 6.08. The molecule has 0 radical (unpaired) electrons. The minimum absolute atomic E-state index is 0.173. The number of halogens is 1. The molecule has 3 N–H and O–H groups in total. The van der Waals surface area contributed by atoms with Crippen molar-refractivity contribution in [2.45, 2.75) is 39.8 Å². The number of aliphatic imine (C=N–C) groups is 1. The summed E-state index contributed by atoms with van der Waals surface area (Å²) in [4.78, 5) is 9.13. The quantitative estimate of drug-likeness (QED) is 0.409. The van der Waals surface area contributed by atoms with Gasteiger partial charge in [-0.1, -0.05) is 29.8 Å². The van der Waals surface area contributed by atoms with E-state index < -0.39 is 0 Å². The smallest absolute Gasteiger partial charge is 0.146 e. The van der Waals surface area contributed by atoms with Gasteiger partial charge in [-0.3, -0.25) is 10.1 Å². The lowest BCUT2D eigenvalue weighted by Gasteiger charge is -2.16. The summed E-state index contributed by atoms with van der Waals surface area (Å²) in [5.41, 5.74) is 6.51. The molecule has 1 aliphatic heterocycles. The summed E-state index contributed by atoms with van der Waals surface area (Å²) in [5, 5.41) is 14.3. The Labute approximate surface area is 194 Å². The number of aromatic nitrogens is 3. The molecular weight excluding hydrogens is 420 g/mol. The summed E-state index contributed by atoms with van der Waals surface area (Å²) in [6, 6.07) is 8.44. The number of aryl methyl sites for hydroxylation is 2. The first-order chi connectivity index (χ1) is 15.5. The minimum Gasteiger partial charge on any atom is -0.363 e. The third-order valence-corrected chi connectivity index (χ3v) is 5.23. The Morgan fingerprint density at radius 3 is 2.66 bits per heavy atom. The van der Waals surface area contributed by atoms with Gasteiger partial charge in [0.05, 0.1) is 23.1 Å². The van der Waals surface area contributed by atoms with Crippen molar-refractivity contribution in [2.24, 2.45) is 4.99 Å². The zero-order valence-corrected chi connectivity index (χ0v) is 19.4. The van der Waals surface area contributed by atoms with Crippen molar-refractivity contribution in [2.75, 3.05) is 10.6 Å². The Morgan fingerprint density at radius 2 is 1.94 bits per heavy atom. The lowest BCUT2D eigenvalue weighted by molar-refractivity contribution is 0.850. The Morgan fingerprint density at radius 1 is 1.12 bits per heavy atom. The molecule has 2 aromatic heterocycles. The number of fused-ring (bicyclic) bond motifs is 4. The van der Waals surface area contributed by atoms with Crippen LogP contribution in [0.5, 0.6) is 0 Å². The number of amidine groups is 1. The Kier molecular flexibility index (Phi) is 8.22. The van der Waals surface area contributed by atoms with Crippen LogP contribution in [0.4, 0.5) is 11.4 Å². The molecule has 1 atom stereocenters. The summed E-state index contributed by atoms with van der Waals surface area (Å²) in [6.45, 7) is 9.13. The molecule has 1 aliphatic rings. The Balaban J connectivity index is 0.000000913. The average Bonchev–Trinajstić information content (AvgIpc) is 3.32. The molecule has 0 saturated carbocycles. The number of aromatic amines is 1. The Bertz CT molecular complexity index is 1100. The van der Waals surface area contributed by atoms with Gasteiger partial charge >= 0.3 is 0 Å². The molecule has 0 saturated heterocycles. The molecule has 3 heterocycles. The molecule has 32 heavy (non-hydrogen) atoms. The molecule has 4 rings (SSSR count). The number of nitrogens with one attached hydrogen (secondary N) is 3. The summed E-state index contributed by atoms with van der Waals surface area (Å²) >= 11 is 6.44. The van der Waals surface area contributed by atoms with Crippen LogP contribution in [-0.2, 0) is 12.8 Å². The predicted octanol–water partition coefficient (Wildman–Crippen LogP) is 6.17. The van der Waals surface area contributed by atoms with E-state index in [1.54, 1.807) is 6.08 Å². The largest absolute Gasteiger partial charge is 0.363 e. The highest BCUT2D eigenvalue weighted by molar-refractivity contribution is 6.44. The van der Waals surface area contributed by atoms with Crippen LogP contribution in [0.2, 0.25) is 0 Å². The maximum absolute atomic E-state index is 6.44. The first-order valence-electron chi connectivity index (χ1n) is 10.6. The maximum atomic E-state index is 6.44. The van der Waals surface area contributed by atoms with Crippen LogP contribution in [-0.4, -0.2) is 27.2 Å². The molecule has 166 valence electrons. The van der Waals surface area contributed by atoms with E-state index in [-0.39, 0.29) is 6.17 Å². The summed E-state index contributed by atoms with van der Waals surface area (Å²) in [5.74, 6) is 0.625. The van der Waals surface area contributed by atoms with Gasteiger partial charge in [0.2, 0.25) is 0 Å². The van der Waals surface area contributed by atoms with Gasteiger partial charge in [0.1, 0.15) is 12.0 Å². The third-order valence-electron chi connectivity index (χ3n) is 4.83. The van der Waals surface area contributed by atoms with Crippen LogP contribution < -0.4 is 10.6 Å². The van der Waals surface area contributed by atoms with Gasteiger partial charge in [-0.2, -0.15) is 5.10 Å². The second-order valence-electron chi connectivity index (χ2n) is 7.41. The zero-order chi connectivity index (χ0) is 22.9. The number of hydrogen-bond acceptors (Lipinski definition) is 5. The fraction of sp³-hybridized carbons (Fsp3) is 0.240. The molecule has 4 bridgehead atoms. The highest BCUT2D eigenvalue weighted by Crippen LogP contribution is 2.28. The molecule has 6 nitrogen and oxygen atoms in total. The zero-order valence-electron chi connectivity index (χ0n) is 18.7. The van der Waals surface area contributed by atoms with E-state index >= 15 is 0 Å². The minimum atomic E-state index is -0.173. The summed E-state index contributed by atoms with van der Waals surface area (Å²) < 4.78 is 0. The molecule has 7 heteroatoms. The van der Waals surface area contributed by atoms with E-state index in [0.717, 1.165) is 35.3 Å². The normalized spacial score (nSPS) is 17.6. The number of nitrogens with zero attached hydrogens (tertiary/aromatic N) is 3. The number of rotatable bonds is 2. The van der Waals surface area contributed by atoms with E-state index in [1.165, 1.54) is 11.1 Å². The molecule has 1 unspecified atom stereocenters. The van der Waals surface area contributed by atoms with E-state index in [4.69, 9.17) is 16.6 Å². The number of anilines is 2. The second-order valence-corrected chi connectivity index (χ2v) is 7.82. The van der Waals surface area contributed by atoms with Crippen LogP contribution in [0.3, 0.4) is 0 Å². The average molecular weight is 449 g/mol. The topological polar surface area (TPSA) is 78.0 Å². The van der Waals surface area contributed by atoms with Crippen LogP contribution >= 0.6 is 11.6 Å². The number of pyridine rings is 1. The van der Waals surface area contributed by atoms with Gasteiger partial charge in [-0.25, -0.2) is 4.99 Å². The maximum Gasteiger partial charge on any atom is 0.146 e. The SMILES string of the molecule is C/C=C(Cl)\C1=N/C(C)Nc2cncc(c2)CCc2cc(ccc2-c2cn[nH]c2)N1.C=CC. The van der Waals surface area contributed by atoms with Crippen LogP contribution in [0.1, 0.15) is 31.9 Å². The van der Waals surface area contributed by atoms with E-state index in [0.29, 0.717) is 10.9 Å². The lowest BCUT2D eigenvalue weighted by Crippen LogP contribution is -2.20. The first kappa shape index (κ1) is 23.3. The standard InChI is InChI=1S/C22H23ClN6.C3H6/c1-3-21(23)22-28-14(2)27-19-8-15(10-24-13-19)4-5-16-9-18(29-22)6-7-20(16)17-11-25-26-12-17;1-3-2/h3,6-14,27H,4-5H2,1-2H3,(H,25,26)(H,28,29);3H,1H2,2H3/b21-3+;. The molecule has 1 aromatic carbocycles. The number of H-pyrrole nitrogens is 1. The Hall–Kier alpha value is -3.38. The van der Waals surface area contributed by atoms with Crippen molar-refractivity contribution in [3.63, 3.8) is 0 Å². The predicted molar refractivity (Wildman–Crippen MR) is 135 cm³/mol. The van der Waals surface area contributed by atoms with Crippen LogP contribution in [0, 0.1) is 0 Å². The fourth-order valence-corrected chi connectivity index (χ4v) is 3.53. The molecular formula is C25H29ClN6. The van der Waals surface area contributed by atoms with Gasteiger partial charge < -0.3 is 10.6 Å². The van der Waals surface area contributed by atoms with Crippen LogP contribution in [0.15, 0.2) is 77.8 Å². The van der Waals surface area contributed by atoms with Gasteiger partial charge in [0, 0.05) is 23.6 Å². The van der Waals surface area contributed by atoms with Gasteiger partial charge in [0.25, 0.3) is 0 Å². The summed E-state index contributed by atoms with van der Waals surface area (Å²) in [7, 11) is 0. The monoisotopic (exact) mass is 448 g/mol. The van der Waals surface area contributed by atoms with Gasteiger partial charge in [-0.15, -0.1) is 6.58 Å².